The molecule has 2 aromatic carbocycles. The van der Waals surface area contributed by atoms with Crippen LogP contribution >= 0.6 is 11.8 Å². The van der Waals surface area contributed by atoms with Crippen LogP contribution in [0.25, 0.3) is 10.9 Å². The molecule has 2 nitrogen and oxygen atoms in total. The van der Waals surface area contributed by atoms with Gasteiger partial charge >= 0.3 is 0 Å². The topological polar surface area (TPSA) is 38.9 Å². The lowest BCUT2D eigenvalue weighted by Gasteiger charge is -2.09. The Morgan fingerprint density at radius 1 is 1.19 bits per heavy atom. The molecule has 0 amide bonds. The first-order chi connectivity index (χ1) is 10.1. The van der Waals surface area contributed by atoms with Crippen molar-refractivity contribution >= 4 is 28.4 Å². The van der Waals surface area contributed by atoms with E-state index in [1.807, 2.05) is 31.2 Å². The van der Waals surface area contributed by atoms with E-state index >= 15 is 0 Å². The summed E-state index contributed by atoms with van der Waals surface area (Å²) in [5.41, 5.74) is 9.63. The van der Waals surface area contributed by atoms with Crippen molar-refractivity contribution < 1.29 is 4.39 Å². The van der Waals surface area contributed by atoms with Gasteiger partial charge in [0.15, 0.2) is 0 Å². The van der Waals surface area contributed by atoms with Gasteiger partial charge in [0, 0.05) is 27.9 Å². The van der Waals surface area contributed by atoms with Crippen molar-refractivity contribution in [1.29, 1.82) is 0 Å². The molecule has 3 rings (SSSR count). The van der Waals surface area contributed by atoms with E-state index in [9.17, 15) is 4.39 Å². The molecule has 0 aliphatic carbocycles. The van der Waals surface area contributed by atoms with Crippen LogP contribution in [0.5, 0.6) is 0 Å². The predicted molar refractivity (Wildman–Crippen MR) is 86.9 cm³/mol. The van der Waals surface area contributed by atoms with Crippen LogP contribution in [0, 0.1) is 12.7 Å². The lowest BCUT2D eigenvalue weighted by molar-refractivity contribution is 0.628. The van der Waals surface area contributed by atoms with Crippen LogP contribution in [0.15, 0.2) is 53.6 Å². The number of thioether (sulfide) groups is 1. The minimum atomic E-state index is -0.233. The number of nitrogens with zero attached hydrogens (tertiary/aromatic N) is 1. The zero-order valence-corrected chi connectivity index (χ0v) is 12.5. The van der Waals surface area contributed by atoms with Crippen LogP contribution in [0.2, 0.25) is 0 Å². The SMILES string of the molecule is Cc1ccc(N)c(SCc2cc(F)cc3cccnc23)c1. The molecule has 106 valence electrons. The number of halogens is 1. The van der Waals surface area contributed by atoms with Crippen LogP contribution in [0.3, 0.4) is 0 Å². The first-order valence-electron chi connectivity index (χ1n) is 6.65. The summed E-state index contributed by atoms with van der Waals surface area (Å²) in [6, 6.07) is 12.7. The minimum absolute atomic E-state index is 0.233. The van der Waals surface area contributed by atoms with E-state index in [1.54, 1.807) is 24.0 Å². The zero-order valence-electron chi connectivity index (χ0n) is 11.6. The standard InChI is InChI=1S/C17H15FN2S/c1-11-4-5-15(19)16(7-11)21-10-13-9-14(18)8-12-3-2-6-20-17(12)13/h2-9H,10,19H2,1H3. The van der Waals surface area contributed by atoms with Crippen molar-refractivity contribution in [2.24, 2.45) is 0 Å². The molecule has 0 aliphatic rings. The molecular weight excluding hydrogens is 283 g/mol. The number of aryl methyl sites for hydroxylation is 1. The van der Waals surface area contributed by atoms with Crippen molar-refractivity contribution in [2.45, 2.75) is 17.6 Å². The molecule has 0 saturated carbocycles. The Balaban J connectivity index is 1.93. The lowest BCUT2D eigenvalue weighted by Crippen LogP contribution is -1.92. The predicted octanol–water partition coefficient (Wildman–Crippen LogP) is 4.56. The molecule has 0 saturated heterocycles. The van der Waals surface area contributed by atoms with Gasteiger partial charge in [0.05, 0.1) is 5.52 Å². The summed E-state index contributed by atoms with van der Waals surface area (Å²) in [6.07, 6.45) is 1.73. The Labute approximate surface area is 127 Å². The van der Waals surface area contributed by atoms with Gasteiger partial charge in [-0.25, -0.2) is 4.39 Å². The highest BCUT2D eigenvalue weighted by molar-refractivity contribution is 7.98. The molecule has 1 aromatic heterocycles. The smallest absolute Gasteiger partial charge is 0.124 e. The highest BCUT2D eigenvalue weighted by Gasteiger charge is 2.07. The third-order valence-corrected chi connectivity index (χ3v) is 4.42. The molecule has 1 heterocycles. The molecule has 0 bridgehead atoms. The maximum atomic E-state index is 13.7. The van der Waals surface area contributed by atoms with Crippen LogP contribution in [-0.2, 0) is 5.75 Å². The number of aromatic nitrogens is 1. The summed E-state index contributed by atoms with van der Waals surface area (Å²) < 4.78 is 13.7. The van der Waals surface area contributed by atoms with Gasteiger partial charge in [-0.3, -0.25) is 4.98 Å². The third-order valence-electron chi connectivity index (χ3n) is 3.30. The van der Waals surface area contributed by atoms with Crippen LogP contribution < -0.4 is 5.73 Å². The number of hydrogen-bond donors (Lipinski definition) is 1. The summed E-state index contributed by atoms with van der Waals surface area (Å²) in [5.74, 6) is 0.405. The van der Waals surface area contributed by atoms with E-state index in [2.05, 4.69) is 11.1 Å². The number of fused-ring (bicyclic) bond motifs is 1. The van der Waals surface area contributed by atoms with Gasteiger partial charge in [-0.1, -0.05) is 12.1 Å². The van der Waals surface area contributed by atoms with Crippen molar-refractivity contribution in [1.82, 2.24) is 4.98 Å². The maximum absolute atomic E-state index is 13.7. The molecule has 0 atom stereocenters. The van der Waals surface area contributed by atoms with Crippen LogP contribution in [0.1, 0.15) is 11.1 Å². The summed E-state index contributed by atoms with van der Waals surface area (Å²) in [7, 11) is 0. The summed E-state index contributed by atoms with van der Waals surface area (Å²) in [4.78, 5) is 5.38. The third kappa shape index (κ3) is 3.00. The Morgan fingerprint density at radius 3 is 2.90 bits per heavy atom. The molecule has 0 unspecified atom stereocenters. The highest BCUT2D eigenvalue weighted by atomic mass is 32.2. The molecule has 2 N–H and O–H groups in total. The van der Waals surface area contributed by atoms with Gasteiger partial charge in [-0.2, -0.15) is 0 Å². The molecule has 3 aromatic rings. The van der Waals surface area contributed by atoms with Crippen molar-refractivity contribution in [3.8, 4) is 0 Å². The molecule has 21 heavy (non-hydrogen) atoms. The van der Waals surface area contributed by atoms with Gasteiger partial charge in [-0.05, 0) is 48.4 Å². The van der Waals surface area contributed by atoms with E-state index < -0.39 is 0 Å². The quantitative estimate of drug-likeness (QED) is 0.569. The fraction of sp³-hybridized carbons (Fsp3) is 0.118. The second kappa shape index (κ2) is 5.74. The first-order valence-corrected chi connectivity index (χ1v) is 7.64. The van der Waals surface area contributed by atoms with Gasteiger partial charge in [-0.15, -0.1) is 11.8 Å². The van der Waals surface area contributed by atoms with Gasteiger partial charge in [0.1, 0.15) is 5.82 Å². The lowest BCUT2D eigenvalue weighted by atomic mass is 10.1. The Bertz CT molecular complexity index is 802. The number of nitrogen functional groups attached to an aromatic ring is 1. The summed E-state index contributed by atoms with van der Waals surface area (Å²) in [6.45, 7) is 2.03. The second-order valence-corrected chi connectivity index (χ2v) is 5.99. The normalized spacial score (nSPS) is 11.0. The summed E-state index contributed by atoms with van der Waals surface area (Å²) in [5, 5.41) is 0.824. The van der Waals surface area contributed by atoms with Crippen LogP contribution in [0.4, 0.5) is 10.1 Å². The van der Waals surface area contributed by atoms with E-state index in [0.717, 1.165) is 32.6 Å². The fourth-order valence-electron chi connectivity index (χ4n) is 2.26. The fourth-order valence-corrected chi connectivity index (χ4v) is 3.29. The van der Waals surface area contributed by atoms with E-state index in [0.29, 0.717) is 5.75 Å². The Hall–Kier alpha value is -2.07. The number of benzene rings is 2. The second-order valence-electron chi connectivity index (χ2n) is 4.97. The number of rotatable bonds is 3. The molecular formula is C17H15FN2S. The largest absolute Gasteiger partial charge is 0.398 e. The van der Waals surface area contributed by atoms with Gasteiger partial charge in [0.2, 0.25) is 0 Å². The summed E-state index contributed by atoms with van der Waals surface area (Å²) >= 11 is 1.61. The van der Waals surface area contributed by atoms with Crippen LogP contribution in [-0.4, -0.2) is 4.98 Å². The number of hydrogen-bond acceptors (Lipinski definition) is 3. The average molecular weight is 298 g/mol. The van der Waals surface area contributed by atoms with E-state index in [4.69, 9.17) is 5.73 Å². The Kier molecular flexibility index (Phi) is 3.80. The van der Waals surface area contributed by atoms with E-state index in [1.165, 1.54) is 6.07 Å². The zero-order chi connectivity index (χ0) is 14.8. The van der Waals surface area contributed by atoms with Gasteiger partial charge in [0.25, 0.3) is 0 Å². The number of nitrogens with two attached hydrogens (primary N) is 1. The molecule has 0 aliphatic heterocycles. The Morgan fingerprint density at radius 2 is 2.05 bits per heavy atom. The van der Waals surface area contributed by atoms with Crippen molar-refractivity contribution in [3.63, 3.8) is 0 Å². The number of pyridine rings is 1. The molecule has 4 heteroatoms. The van der Waals surface area contributed by atoms with E-state index in [-0.39, 0.29) is 5.82 Å². The molecule has 0 radical (unpaired) electrons. The van der Waals surface area contributed by atoms with Gasteiger partial charge < -0.3 is 5.73 Å². The van der Waals surface area contributed by atoms with Crippen molar-refractivity contribution in [3.05, 3.63) is 65.6 Å². The minimum Gasteiger partial charge on any atom is -0.398 e. The first kappa shape index (κ1) is 13.9. The molecule has 0 fully saturated rings. The molecule has 0 spiro atoms. The monoisotopic (exact) mass is 298 g/mol. The average Bonchev–Trinajstić information content (AvgIpc) is 2.47. The highest BCUT2D eigenvalue weighted by Crippen LogP contribution is 2.31. The van der Waals surface area contributed by atoms with Crippen molar-refractivity contribution in [2.75, 3.05) is 5.73 Å². The maximum Gasteiger partial charge on any atom is 0.124 e. The number of anilines is 1.